The molecule has 0 bridgehead atoms. The molecule has 0 radical (unpaired) electrons. The molecule has 0 saturated carbocycles. The van der Waals surface area contributed by atoms with Crippen molar-refractivity contribution in [2.75, 3.05) is 23.8 Å². The summed E-state index contributed by atoms with van der Waals surface area (Å²) in [5, 5.41) is 3.27. The third-order valence-corrected chi connectivity index (χ3v) is 13.4. The predicted octanol–water partition coefficient (Wildman–Crippen LogP) is 6.82. The van der Waals surface area contributed by atoms with E-state index >= 15 is 0 Å². The average Bonchev–Trinajstić information content (AvgIpc) is 3.27. The van der Waals surface area contributed by atoms with Crippen LogP contribution in [0.15, 0.2) is 59.6 Å². The number of carbonyl (C=O) groups excluding carboxylic acids is 1. The van der Waals surface area contributed by atoms with E-state index in [1.807, 2.05) is 13.8 Å². The SMILES string of the molecule is CN(C(=O)Nc1ncc(Oc2cccc(F)c2)s1)c1cccc(S(=O)(=O)NCC(C)(C)O[Si](C)(C)C(C)(C)C)c1. The Labute approximate surface area is 240 Å². The standard InChI is InChI=1S/C27H37FN4O5S2Si/c1-26(2,3)40(7,8)37-27(4,5)18-30-39(34,35)22-14-10-12-20(16-22)32(6)25(33)31-24-29-17-23(38-24)36-21-13-9-11-19(28)15-21/h9-17,30H,18H2,1-8H3,(H,29,31,33). The summed E-state index contributed by atoms with van der Waals surface area (Å²) in [5.41, 5.74) is -0.347. The lowest BCUT2D eigenvalue weighted by molar-refractivity contribution is 0.0964. The minimum atomic E-state index is -3.88. The van der Waals surface area contributed by atoms with Crippen molar-refractivity contribution in [1.82, 2.24) is 9.71 Å². The fourth-order valence-electron chi connectivity index (χ4n) is 3.39. The van der Waals surface area contributed by atoms with Crippen LogP contribution >= 0.6 is 11.3 Å². The highest BCUT2D eigenvalue weighted by molar-refractivity contribution is 7.89. The Morgan fingerprint density at radius 3 is 2.42 bits per heavy atom. The summed E-state index contributed by atoms with van der Waals surface area (Å²) in [6.45, 7) is 14.5. The van der Waals surface area contributed by atoms with Gasteiger partial charge in [-0.1, -0.05) is 44.2 Å². The van der Waals surface area contributed by atoms with Gasteiger partial charge in [-0.25, -0.2) is 27.3 Å². The molecule has 3 aromatic rings. The number of rotatable bonds is 10. The van der Waals surface area contributed by atoms with E-state index in [2.05, 4.69) is 48.9 Å². The molecule has 0 saturated heterocycles. The Morgan fingerprint density at radius 1 is 1.10 bits per heavy atom. The summed E-state index contributed by atoms with van der Waals surface area (Å²) >= 11 is 1.07. The van der Waals surface area contributed by atoms with E-state index in [1.54, 1.807) is 18.2 Å². The molecule has 0 aliphatic heterocycles. The highest BCUT2D eigenvalue weighted by Crippen LogP contribution is 2.39. The van der Waals surface area contributed by atoms with E-state index in [9.17, 15) is 17.6 Å². The molecule has 0 aliphatic rings. The fraction of sp³-hybridized carbons (Fsp3) is 0.407. The van der Waals surface area contributed by atoms with Crippen LogP contribution in [0.2, 0.25) is 18.1 Å². The van der Waals surface area contributed by atoms with Gasteiger partial charge in [-0.05, 0) is 62.3 Å². The molecule has 1 aromatic heterocycles. The molecular weight excluding hydrogens is 572 g/mol. The number of carbonyl (C=O) groups is 1. The van der Waals surface area contributed by atoms with Gasteiger partial charge in [0.05, 0.1) is 16.7 Å². The Kier molecular flexibility index (Phi) is 9.46. The van der Waals surface area contributed by atoms with E-state index < -0.39 is 35.8 Å². The molecule has 40 heavy (non-hydrogen) atoms. The number of urea groups is 1. The molecule has 0 fully saturated rings. The topological polar surface area (TPSA) is 110 Å². The predicted molar refractivity (Wildman–Crippen MR) is 160 cm³/mol. The van der Waals surface area contributed by atoms with Gasteiger partial charge in [-0.3, -0.25) is 10.2 Å². The van der Waals surface area contributed by atoms with Crippen molar-refractivity contribution in [3.05, 3.63) is 60.5 Å². The van der Waals surface area contributed by atoms with Gasteiger partial charge in [0.2, 0.25) is 15.1 Å². The maximum atomic E-state index is 13.4. The van der Waals surface area contributed by atoms with Crippen LogP contribution in [0.3, 0.4) is 0 Å². The van der Waals surface area contributed by atoms with Gasteiger partial charge >= 0.3 is 6.03 Å². The summed E-state index contributed by atoms with van der Waals surface area (Å²) < 4.78 is 54.3. The molecule has 3 rings (SSSR count). The second-order valence-corrected chi connectivity index (χ2v) is 19.0. The lowest BCUT2D eigenvalue weighted by atomic mass is 10.1. The normalized spacial score (nSPS) is 12.7. The third-order valence-electron chi connectivity index (χ3n) is 6.56. The number of hydrogen-bond donors (Lipinski definition) is 2. The largest absolute Gasteiger partial charge is 0.445 e. The quantitative estimate of drug-likeness (QED) is 0.245. The summed E-state index contributed by atoms with van der Waals surface area (Å²) in [5.74, 6) is -0.125. The van der Waals surface area contributed by atoms with Crippen LogP contribution < -0.4 is 19.7 Å². The summed E-state index contributed by atoms with van der Waals surface area (Å²) in [6, 6.07) is 11.2. The van der Waals surface area contributed by atoms with Crippen LogP contribution in [-0.4, -0.2) is 46.9 Å². The number of halogens is 1. The number of amides is 2. The highest BCUT2D eigenvalue weighted by atomic mass is 32.2. The Balaban J connectivity index is 1.65. The van der Waals surface area contributed by atoms with Crippen molar-refractivity contribution < 1.29 is 26.8 Å². The first-order valence-corrected chi connectivity index (χ1v) is 17.8. The molecular formula is C27H37FN4O5S2Si. The zero-order valence-electron chi connectivity index (χ0n) is 24.0. The maximum Gasteiger partial charge on any atom is 0.327 e. The second-order valence-electron chi connectivity index (χ2n) is 11.5. The van der Waals surface area contributed by atoms with Crippen molar-refractivity contribution in [2.24, 2.45) is 0 Å². The van der Waals surface area contributed by atoms with Gasteiger partial charge in [0.15, 0.2) is 13.4 Å². The van der Waals surface area contributed by atoms with Crippen molar-refractivity contribution in [3.8, 4) is 10.8 Å². The zero-order chi connectivity index (χ0) is 29.9. The molecule has 1 heterocycles. The number of nitrogens with zero attached hydrogens (tertiary/aromatic N) is 2. The van der Waals surface area contributed by atoms with E-state index in [4.69, 9.17) is 9.16 Å². The van der Waals surface area contributed by atoms with Gasteiger partial charge in [-0.15, -0.1) is 0 Å². The number of anilines is 2. The number of sulfonamides is 1. The first-order valence-electron chi connectivity index (χ1n) is 12.6. The van der Waals surface area contributed by atoms with Gasteiger partial charge in [0.25, 0.3) is 0 Å². The second kappa shape index (κ2) is 11.9. The maximum absolute atomic E-state index is 13.4. The molecule has 0 aliphatic carbocycles. The van der Waals surface area contributed by atoms with Crippen LogP contribution in [0.1, 0.15) is 34.6 Å². The van der Waals surface area contributed by atoms with Crippen molar-refractivity contribution in [2.45, 2.75) is 63.2 Å². The molecule has 0 atom stereocenters. The summed E-state index contributed by atoms with van der Waals surface area (Å²) in [6.07, 6.45) is 1.42. The van der Waals surface area contributed by atoms with Gasteiger partial charge < -0.3 is 9.16 Å². The highest BCUT2D eigenvalue weighted by Gasteiger charge is 2.41. The average molecular weight is 609 g/mol. The van der Waals surface area contributed by atoms with Gasteiger partial charge in [0, 0.05) is 25.3 Å². The number of ether oxygens (including phenoxy) is 1. The van der Waals surface area contributed by atoms with Crippen LogP contribution in [-0.2, 0) is 14.4 Å². The number of nitrogens with one attached hydrogen (secondary N) is 2. The number of benzene rings is 2. The van der Waals surface area contributed by atoms with Crippen LogP contribution in [0.25, 0.3) is 0 Å². The zero-order valence-corrected chi connectivity index (χ0v) is 26.7. The molecule has 9 nitrogen and oxygen atoms in total. The first-order chi connectivity index (χ1) is 18.4. The summed E-state index contributed by atoms with van der Waals surface area (Å²) in [4.78, 5) is 18.3. The molecule has 13 heteroatoms. The third kappa shape index (κ3) is 8.33. The van der Waals surface area contributed by atoms with Gasteiger partial charge in [0.1, 0.15) is 11.6 Å². The minimum Gasteiger partial charge on any atom is -0.445 e. The molecule has 0 unspecified atom stereocenters. The van der Waals surface area contributed by atoms with Crippen molar-refractivity contribution in [1.29, 1.82) is 0 Å². The first kappa shape index (κ1) is 31.7. The lowest BCUT2D eigenvalue weighted by Gasteiger charge is -2.42. The minimum absolute atomic E-state index is 0.0167. The van der Waals surface area contributed by atoms with E-state index in [-0.39, 0.29) is 21.6 Å². The molecule has 2 amide bonds. The Bertz CT molecular complexity index is 1450. The van der Waals surface area contributed by atoms with Crippen LogP contribution in [0.4, 0.5) is 20.0 Å². The number of thiazole rings is 1. The van der Waals surface area contributed by atoms with Crippen molar-refractivity contribution >= 4 is 46.5 Å². The number of aromatic nitrogens is 1. The van der Waals surface area contributed by atoms with Crippen molar-refractivity contribution in [3.63, 3.8) is 0 Å². The summed E-state index contributed by atoms with van der Waals surface area (Å²) in [7, 11) is -4.48. The number of hydrogen-bond acceptors (Lipinski definition) is 7. The Hall–Kier alpha value is -2.84. The lowest BCUT2D eigenvalue weighted by Crippen LogP contribution is -2.51. The molecule has 2 aromatic carbocycles. The van der Waals surface area contributed by atoms with Crippen LogP contribution in [0.5, 0.6) is 10.8 Å². The monoisotopic (exact) mass is 608 g/mol. The molecule has 2 N–H and O–H groups in total. The Morgan fingerprint density at radius 2 is 1.77 bits per heavy atom. The van der Waals surface area contributed by atoms with Gasteiger partial charge in [-0.2, -0.15) is 0 Å². The molecule has 0 spiro atoms. The fourth-order valence-corrected chi connectivity index (χ4v) is 7.07. The smallest absolute Gasteiger partial charge is 0.327 e. The van der Waals surface area contributed by atoms with E-state index in [1.165, 1.54) is 48.5 Å². The molecule has 218 valence electrons. The van der Waals surface area contributed by atoms with E-state index in [0.29, 0.717) is 16.5 Å². The van der Waals surface area contributed by atoms with E-state index in [0.717, 1.165) is 11.3 Å². The van der Waals surface area contributed by atoms with Crippen LogP contribution in [0, 0.1) is 5.82 Å².